The van der Waals surface area contributed by atoms with E-state index < -0.39 is 0 Å². The van der Waals surface area contributed by atoms with Crippen molar-refractivity contribution in [1.82, 2.24) is 13.9 Å². The molecule has 1 fully saturated rings. The topological polar surface area (TPSA) is 36.1 Å². The minimum Gasteiger partial charge on any atom is -0.337 e. The molecule has 0 unspecified atom stereocenters. The van der Waals surface area contributed by atoms with Crippen molar-refractivity contribution < 1.29 is 0 Å². The average Bonchev–Trinajstić information content (AvgIpc) is 1.72. The van der Waals surface area contributed by atoms with E-state index in [1.54, 1.807) is 0 Å². The van der Waals surface area contributed by atoms with Gasteiger partial charge in [0.1, 0.15) is 0 Å². The lowest BCUT2D eigenvalue weighted by atomic mass is 13.7. The van der Waals surface area contributed by atoms with Gasteiger partial charge < -0.3 is 13.9 Å². The van der Waals surface area contributed by atoms with E-state index in [4.69, 9.17) is 0 Å². The van der Waals surface area contributed by atoms with E-state index in [0.29, 0.717) is 0 Å². The number of hydrogen-bond donors (Lipinski definition) is 3. The zero-order valence-electron chi connectivity index (χ0n) is 3.00. The molecule has 1 heterocycles. The van der Waals surface area contributed by atoms with Crippen LogP contribution in [0.5, 0.6) is 0 Å². The number of hydrogen-bond acceptors (Lipinski definition) is 3. The minimum atomic E-state index is 0.764. The monoisotopic (exact) mass is 129 g/mol. The maximum atomic E-state index is 3.12. The molecule has 1 rings (SSSR count). The highest BCUT2D eigenvalue weighted by Crippen LogP contribution is 1.46. The zero-order chi connectivity index (χ0) is 4.24. The van der Waals surface area contributed by atoms with Gasteiger partial charge in [0.25, 0.3) is 0 Å². The van der Waals surface area contributed by atoms with Crippen LogP contribution in [-0.2, 0) is 0 Å². The van der Waals surface area contributed by atoms with Crippen molar-refractivity contribution in [3.8, 4) is 0 Å². The Bertz CT molecular complexity index is 21.5. The molecule has 30 valence electrons. The van der Waals surface area contributed by atoms with Gasteiger partial charge in [-0.1, -0.05) is 0 Å². The first-order chi connectivity index (χ1) is 3.00. The van der Waals surface area contributed by atoms with Gasteiger partial charge in [0.05, 0.1) is 0 Å². The summed E-state index contributed by atoms with van der Waals surface area (Å²) in [6.45, 7) is 0. The van der Waals surface area contributed by atoms with Crippen LogP contribution in [-0.4, -0.2) is 29.5 Å². The van der Waals surface area contributed by atoms with Gasteiger partial charge in [0.15, 0.2) is 0 Å². The molecule has 0 spiro atoms. The molecular formula is H3N3Si3. The van der Waals surface area contributed by atoms with Crippen molar-refractivity contribution in [3.63, 3.8) is 0 Å². The van der Waals surface area contributed by atoms with Crippen LogP contribution in [0.25, 0.3) is 0 Å². The summed E-state index contributed by atoms with van der Waals surface area (Å²) < 4.78 is 9.38. The zero-order valence-corrected chi connectivity index (χ0v) is 6.00. The third-order valence-corrected chi connectivity index (χ3v) is 3.38. The Hall–Kier alpha value is 0.531. The predicted octanol–water partition coefficient (Wildman–Crippen LogP) is -2.63. The van der Waals surface area contributed by atoms with Crippen molar-refractivity contribution in [2.24, 2.45) is 0 Å². The fraction of sp³-hybridized carbons (Fsp3) is 0. The van der Waals surface area contributed by atoms with Crippen LogP contribution >= 0.6 is 0 Å². The summed E-state index contributed by atoms with van der Waals surface area (Å²) in [5, 5.41) is 0. The Kier molecular flexibility index (Phi) is 2.08. The molecule has 0 bridgehead atoms. The van der Waals surface area contributed by atoms with Crippen LogP contribution in [0, 0.1) is 0 Å². The van der Waals surface area contributed by atoms with Gasteiger partial charge in [-0.25, -0.2) is 0 Å². The molecule has 0 atom stereocenters. The highest BCUT2D eigenvalue weighted by Gasteiger charge is 1.97. The van der Waals surface area contributed by atoms with Gasteiger partial charge in [-0.15, -0.1) is 0 Å². The lowest BCUT2D eigenvalue weighted by Crippen LogP contribution is -2.55. The van der Waals surface area contributed by atoms with E-state index in [9.17, 15) is 0 Å². The third kappa shape index (κ3) is 1.32. The lowest BCUT2D eigenvalue weighted by Gasteiger charge is -2.07. The van der Waals surface area contributed by atoms with Crippen LogP contribution in [0.2, 0.25) is 0 Å². The summed E-state index contributed by atoms with van der Waals surface area (Å²) >= 11 is 0. The van der Waals surface area contributed by atoms with Gasteiger partial charge in [0.2, 0.25) is 29.5 Å². The standard InChI is InChI=1S/H3N3Si3/c1-4-2-6-3-5-1/h1-3H. The average molecular weight is 129 g/mol. The minimum absolute atomic E-state index is 0.764. The summed E-state index contributed by atoms with van der Waals surface area (Å²) in [6, 6.07) is 0. The van der Waals surface area contributed by atoms with Crippen molar-refractivity contribution in [3.05, 3.63) is 0 Å². The first kappa shape index (κ1) is 4.68. The molecule has 0 saturated carbocycles. The SMILES string of the molecule is N1[Si]N[Si]N[Si]1. The molecule has 6 radical (unpaired) electrons. The molecule has 1 aliphatic rings. The second-order valence-corrected chi connectivity index (χ2v) is 4.50. The normalized spacial score (nSPS) is 24.0. The highest BCUT2D eigenvalue weighted by molar-refractivity contribution is 6.65. The lowest BCUT2D eigenvalue weighted by molar-refractivity contribution is 1.28. The maximum Gasteiger partial charge on any atom is 0.231 e. The van der Waals surface area contributed by atoms with Crippen molar-refractivity contribution >= 4 is 29.5 Å². The van der Waals surface area contributed by atoms with E-state index in [1.165, 1.54) is 0 Å². The molecule has 0 aromatic carbocycles. The van der Waals surface area contributed by atoms with Gasteiger partial charge in [-0.3, -0.25) is 0 Å². The fourth-order valence-corrected chi connectivity index (χ4v) is 3.38. The maximum absolute atomic E-state index is 3.12. The Morgan fingerprint density at radius 3 is 1.17 bits per heavy atom. The quantitative estimate of drug-likeness (QED) is 0.313. The first-order valence-electron chi connectivity index (χ1n) is 1.50. The summed E-state index contributed by atoms with van der Waals surface area (Å²) in [6.07, 6.45) is 0. The largest absolute Gasteiger partial charge is 0.337 e. The number of rotatable bonds is 0. The third-order valence-electron chi connectivity index (χ3n) is 0.375. The summed E-state index contributed by atoms with van der Waals surface area (Å²) in [5.41, 5.74) is 0. The summed E-state index contributed by atoms with van der Waals surface area (Å²) in [5.74, 6) is 0. The molecule has 0 amide bonds. The molecule has 0 aliphatic carbocycles. The van der Waals surface area contributed by atoms with Crippen LogP contribution in [0.15, 0.2) is 0 Å². The van der Waals surface area contributed by atoms with Gasteiger partial charge >= 0.3 is 0 Å². The smallest absolute Gasteiger partial charge is 0.231 e. The van der Waals surface area contributed by atoms with Gasteiger partial charge in [0, 0.05) is 0 Å². The molecule has 6 heavy (non-hydrogen) atoms. The van der Waals surface area contributed by atoms with Gasteiger partial charge in [-0.2, -0.15) is 0 Å². The van der Waals surface area contributed by atoms with Crippen molar-refractivity contribution in [2.75, 3.05) is 0 Å². The van der Waals surface area contributed by atoms with E-state index in [2.05, 4.69) is 13.9 Å². The molecule has 0 aromatic heterocycles. The Morgan fingerprint density at radius 2 is 1.00 bits per heavy atom. The van der Waals surface area contributed by atoms with Crippen molar-refractivity contribution in [2.45, 2.75) is 0 Å². The van der Waals surface area contributed by atoms with E-state index in [0.717, 1.165) is 29.5 Å². The molecule has 3 N–H and O–H groups in total. The highest BCUT2D eigenvalue weighted by atomic mass is 28.4. The molecule has 3 nitrogen and oxygen atoms in total. The Morgan fingerprint density at radius 1 is 0.667 bits per heavy atom. The Balaban J connectivity index is 2.00. The van der Waals surface area contributed by atoms with Gasteiger partial charge in [-0.05, 0) is 0 Å². The van der Waals surface area contributed by atoms with Crippen LogP contribution in [0.1, 0.15) is 0 Å². The van der Waals surface area contributed by atoms with Crippen LogP contribution in [0.4, 0.5) is 0 Å². The molecule has 1 aliphatic heterocycles. The molecule has 6 heteroatoms. The van der Waals surface area contributed by atoms with E-state index in [-0.39, 0.29) is 0 Å². The second kappa shape index (κ2) is 2.66. The van der Waals surface area contributed by atoms with E-state index >= 15 is 0 Å². The molecular weight excluding hydrogens is 126 g/mol. The predicted molar refractivity (Wildman–Crippen MR) is 26.7 cm³/mol. The van der Waals surface area contributed by atoms with E-state index in [1.807, 2.05) is 0 Å². The second-order valence-electron chi connectivity index (χ2n) is 0.750. The van der Waals surface area contributed by atoms with Crippen molar-refractivity contribution in [1.29, 1.82) is 0 Å². The fourth-order valence-electron chi connectivity index (χ4n) is 0.188. The molecule has 1 saturated heterocycles. The number of nitrogens with one attached hydrogen (secondary N) is 3. The Labute approximate surface area is 44.2 Å². The van der Waals surface area contributed by atoms with Crippen LogP contribution < -0.4 is 13.9 Å². The summed E-state index contributed by atoms with van der Waals surface area (Å²) in [4.78, 5) is 0. The first-order valence-corrected chi connectivity index (χ1v) is 4.50. The molecule has 0 aromatic rings. The summed E-state index contributed by atoms with van der Waals surface area (Å²) in [7, 11) is 2.29. The van der Waals surface area contributed by atoms with Crippen LogP contribution in [0.3, 0.4) is 0 Å².